The van der Waals surface area contributed by atoms with Crippen LogP contribution in [-0.4, -0.2) is 18.6 Å². The van der Waals surface area contributed by atoms with Crippen molar-refractivity contribution in [3.63, 3.8) is 0 Å². The van der Waals surface area contributed by atoms with Gasteiger partial charge in [-0.3, -0.25) is 4.79 Å². The molecule has 0 aliphatic rings. The predicted molar refractivity (Wildman–Crippen MR) is 151 cm³/mol. The lowest BCUT2D eigenvalue weighted by Gasteiger charge is -2.21. The van der Waals surface area contributed by atoms with Crippen LogP contribution in [0.15, 0.2) is 99.8 Å². The molecule has 0 aliphatic heterocycles. The molecular formula is C31H29N3O4S. The predicted octanol–water partition coefficient (Wildman–Crippen LogP) is 6.14. The number of nitrogens with one attached hydrogen (secondary N) is 1. The Morgan fingerprint density at radius 1 is 0.923 bits per heavy atom. The Morgan fingerprint density at radius 2 is 1.64 bits per heavy atom. The smallest absolute Gasteiger partial charge is 0.266 e. The summed E-state index contributed by atoms with van der Waals surface area (Å²) in [5, 5.41) is 12.3. The van der Waals surface area contributed by atoms with Gasteiger partial charge in [-0.1, -0.05) is 54.1 Å². The van der Waals surface area contributed by atoms with E-state index in [9.17, 15) is 18.5 Å². The zero-order chi connectivity index (χ0) is 28.0. The molecule has 3 aromatic carbocycles. The van der Waals surface area contributed by atoms with Gasteiger partial charge in [0.1, 0.15) is 23.2 Å². The van der Waals surface area contributed by atoms with Crippen LogP contribution in [0.1, 0.15) is 33.8 Å². The summed E-state index contributed by atoms with van der Waals surface area (Å²) in [6, 6.07) is 26.7. The van der Waals surface area contributed by atoms with Gasteiger partial charge < -0.3 is 9.73 Å². The fourth-order valence-corrected chi connectivity index (χ4v) is 5.31. The summed E-state index contributed by atoms with van der Waals surface area (Å²) >= 11 is 0. The molecule has 1 heterocycles. The van der Waals surface area contributed by atoms with E-state index in [1.54, 1.807) is 42.5 Å². The highest BCUT2D eigenvalue weighted by Gasteiger charge is 2.26. The quantitative estimate of drug-likeness (QED) is 0.203. The van der Waals surface area contributed by atoms with Gasteiger partial charge in [-0.05, 0) is 73.9 Å². The van der Waals surface area contributed by atoms with E-state index in [1.165, 1.54) is 10.4 Å². The molecule has 0 radical (unpaired) electrons. The molecule has 198 valence electrons. The van der Waals surface area contributed by atoms with Crippen molar-refractivity contribution in [3.8, 4) is 6.07 Å². The number of carbonyl (C=O) groups excluding carboxylic acids is 1. The van der Waals surface area contributed by atoms with Gasteiger partial charge in [0.2, 0.25) is 10.0 Å². The van der Waals surface area contributed by atoms with Gasteiger partial charge in [0.15, 0.2) is 0 Å². The third-order valence-corrected chi connectivity index (χ3v) is 8.10. The minimum atomic E-state index is -3.85. The van der Waals surface area contributed by atoms with E-state index in [0.717, 1.165) is 22.3 Å². The summed E-state index contributed by atoms with van der Waals surface area (Å²) in [4.78, 5) is 12.9. The van der Waals surface area contributed by atoms with Crippen molar-refractivity contribution < 1.29 is 17.6 Å². The summed E-state index contributed by atoms with van der Waals surface area (Å²) in [5.74, 6) is 0.0789. The second-order valence-electron chi connectivity index (χ2n) is 9.30. The third kappa shape index (κ3) is 6.90. The van der Waals surface area contributed by atoms with E-state index in [4.69, 9.17) is 4.42 Å². The topological polar surface area (TPSA) is 103 Å². The number of benzene rings is 3. The molecular weight excluding hydrogens is 510 g/mol. The number of rotatable bonds is 9. The molecule has 4 rings (SSSR count). The lowest BCUT2D eigenvalue weighted by Crippen LogP contribution is -2.30. The van der Waals surface area contributed by atoms with Crippen molar-refractivity contribution in [3.05, 3.63) is 124 Å². The molecule has 4 aromatic rings. The maximum atomic E-state index is 13.6. The Bertz CT molecular complexity index is 1650. The summed E-state index contributed by atoms with van der Waals surface area (Å²) < 4.78 is 34.3. The summed E-state index contributed by atoms with van der Waals surface area (Å²) in [5.41, 5.74) is 4.35. The number of aryl methyl sites for hydroxylation is 3. The molecule has 0 aliphatic carbocycles. The normalized spacial score (nSPS) is 11.8. The van der Waals surface area contributed by atoms with Gasteiger partial charge >= 0.3 is 0 Å². The van der Waals surface area contributed by atoms with Crippen molar-refractivity contribution >= 4 is 27.7 Å². The van der Waals surface area contributed by atoms with Crippen molar-refractivity contribution in [2.45, 2.75) is 38.8 Å². The first-order valence-electron chi connectivity index (χ1n) is 12.4. The van der Waals surface area contributed by atoms with Gasteiger partial charge in [-0.25, -0.2) is 8.42 Å². The maximum Gasteiger partial charge on any atom is 0.266 e. The molecule has 1 N–H and O–H groups in total. The molecule has 0 saturated heterocycles. The van der Waals surface area contributed by atoms with Crippen LogP contribution in [0.3, 0.4) is 0 Å². The summed E-state index contributed by atoms with van der Waals surface area (Å²) in [6.07, 6.45) is 1.34. The molecule has 8 heteroatoms. The van der Waals surface area contributed by atoms with Crippen LogP contribution in [-0.2, 0) is 27.9 Å². The molecule has 0 saturated carbocycles. The Morgan fingerprint density at radius 3 is 2.31 bits per heavy atom. The molecule has 1 aromatic heterocycles. The van der Waals surface area contributed by atoms with Crippen molar-refractivity contribution in [1.82, 2.24) is 4.31 Å². The zero-order valence-electron chi connectivity index (χ0n) is 22.0. The molecule has 7 nitrogen and oxygen atoms in total. The van der Waals surface area contributed by atoms with Crippen LogP contribution in [0.5, 0.6) is 0 Å². The Hall–Kier alpha value is -4.45. The second-order valence-corrected chi connectivity index (χ2v) is 11.2. The molecule has 0 fully saturated rings. The molecule has 1 amide bonds. The number of sulfonamides is 1. The number of hydrogen-bond donors (Lipinski definition) is 1. The average Bonchev–Trinajstić information content (AvgIpc) is 3.36. The van der Waals surface area contributed by atoms with Gasteiger partial charge in [0.25, 0.3) is 5.91 Å². The highest BCUT2D eigenvalue weighted by atomic mass is 32.2. The fraction of sp³-hybridized carbons (Fsp3) is 0.161. The average molecular weight is 540 g/mol. The minimum Gasteiger partial charge on any atom is -0.460 e. The first-order chi connectivity index (χ1) is 18.7. The SMILES string of the molecule is Cc1ccc(S(=O)(=O)N(Cc2ccccc2)Cc2ccc(/C=C(/C#N)C(=O)Nc3ccc(C)c(C)c3)o2)cc1. The van der Waals surface area contributed by atoms with Crippen molar-refractivity contribution in [2.24, 2.45) is 0 Å². The number of amides is 1. The monoisotopic (exact) mass is 539 g/mol. The van der Waals surface area contributed by atoms with Crippen LogP contribution in [0.4, 0.5) is 5.69 Å². The fourth-order valence-electron chi connectivity index (χ4n) is 3.91. The Labute approximate surface area is 229 Å². The van der Waals surface area contributed by atoms with E-state index in [0.29, 0.717) is 11.4 Å². The van der Waals surface area contributed by atoms with Crippen molar-refractivity contribution in [1.29, 1.82) is 5.26 Å². The number of nitrogens with zero attached hydrogens (tertiary/aromatic N) is 2. The van der Waals surface area contributed by atoms with Gasteiger partial charge in [-0.2, -0.15) is 9.57 Å². The molecule has 0 bridgehead atoms. The third-order valence-electron chi connectivity index (χ3n) is 6.29. The van der Waals surface area contributed by atoms with E-state index in [-0.39, 0.29) is 29.3 Å². The van der Waals surface area contributed by atoms with Crippen LogP contribution < -0.4 is 5.32 Å². The van der Waals surface area contributed by atoms with Crippen LogP contribution in [0, 0.1) is 32.1 Å². The zero-order valence-corrected chi connectivity index (χ0v) is 22.8. The molecule has 0 unspecified atom stereocenters. The number of anilines is 1. The first kappa shape index (κ1) is 27.6. The Balaban J connectivity index is 1.57. The van der Waals surface area contributed by atoms with Gasteiger partial charge in [0, 0.05) is 18.3 Å². The van der Waals surface area contributed by atoms with Gasteiger partial charge in [0.05, 0.1) is 11.4 Å². The molecule has 0 spiro atoms. The van der Waals surface area contributed by atoms with Crippen LogP contribution in [0.25, 0.3) is 6.08 Å². The second kappa shape index (κ2) is 11.9. The van der Waals surface area contributed by atoms with E-state index < -0.39 is 15.9 Å². The summed E-state index contributed by atoms with van der Waals surface area (Å²) in [6.45, 7) is 5.92. The maximum absolute atomic E-state index is 13.6. The van der Waals surface area contributed by atoms with Crippen LogP contribution >= 0.6 is 0 Å². The lowest BCUT2D eigenvalue weighted by atomic mass is 10.1. The molecule has 0 atom stereocenters. The number of hydrogen-bond acceptors (Lipinski definition) is 5. The Kier molecular flexibility index (Phi) is 8.45. The van der Waals surface area contributed by atoms with E-state index in [2.05, 4.69) is 5.32 Å². The highest BCUT2D eigenvalue weighted by molar-refractivity contribution is 7.89. The van der Waals surface area contributed by atoms with Gasteiger partial charge in [-0.15, -0.1) is 0 Å². The van der Waals surface area contributed by atoms with Crippen molar-refractivity contribution in [2.75, 3.05) is 5.32 Å². The largest absolute Gasteiger partial charge is 0.460 e. The standard InChI is InChI=1S/C31H29N3O4S/c1-22-9-15-30(16-10-22)39(36,37)34(20-25-7-5-4-6-8-25)21-29-14-13-28(38-29)18-26(19-32)31(35)33-27-12-11-23(2)24(3)17-27/h4-18H,20-21H2,1-3H3,(H,33,35)/b26-18-. The van der Waals surface area contributed by atoms with E-state index >= 15 is 0 Å². The summed E-state index contributed by atoms with van der Waals surface area (Å²) in [7, 11) is -3.85. The number of carbonyl (C=O) groups is 1. The molecule has 39 heavy (non-hydrogen) atoms. The lowest BCUT2D eigenvalue weighted by molar-refractivity contribution is -0.112. The minimum absolute atomic E-state index is 0.0321. The number of furan rings is 1. The van der Waals surface area contributed by atoms with E-state index in [1.807, 2.05) is 69.3 Å². The first-order valence-corrected chi connectivity index (χ1v) is 13.8. The van der Waals surface area contributed by atoms with Crippen LogP contribution in [0.2, 0.25) is 0 Å². The highest BCUT2D eigenvalue weighted by Crippen LogP contribution is 2.23. The number of nitriles is 1.